The maximum absolute atomic E-state index is 3.76. The van der Waals surface area contributed by atoms with Gasteiger partial charge in [0.25, 0.3) is 0 Å². The van der Waals surface area contributed by atoms with Gasteiger partial charge in [-0.25, -0.2) is 0 Å². The standard InChI is InChI=1S/C19H27NS/c1-6-20-15(17-18(2,3)19(17,4)5)11-13-12-21-16-10-8-7-9-14(13)16/h7-10,12,15,17,20H,6,11H2,1-5H3. The van der Waals surface area contributed by atoms with E-state index >= 15 is 0 Å². The van der Waals surface area contributed by atoms with Crippen molar-refractivity contribution in [2.75, 3.05) is 6.54 Å². The molecule has 1 aliphatic carbocycles. The first-order valence-electron chi connectivity index (χ1n) is 8.08. The van der Waals surface area contributed by atoms with Crippen molar-refractivity contribution in [3.8, 4) is 0 Å². The molecule has 1 aromatic carbocycles. The fourth-order valence-corrected chi connectivity index (χ4v) is 5.23. The molecule has 1 unspecified atom stereocenters. The quantitative estimate of drug-likeness (QED) is 0.809. The fourth-order valence-electron chi connectivity index (χ4n) is 4.25. The molecule has 2 heteroatoms. The third-order valence-electron chi connectivity index (χ3n) is 6.00. The van der Waals surface area contributed by atoms with E-state index in [4.69, 9.17) is 0 Å². The van der Waals surface area contributed by atoms with Crippen LogP contribution < -0.4 is 5.32 Å². The lowest BCUT2D eigenvalue weighted by Gasteiger charge is -2.20. The summed E-state index contributed by atoms with van der Waals surface area (Å²) in [5.41, 5.74) is 2.39. The summed E-state index contributed by atoms with van der Waals surface area (Å²) in [6.45, 7) is 13.0. The number of nitrogens with one attached hydrogen (secondary N) is 1. The van der Waals surface area contributed by atoms with E-state index in [0.717, 1.165) is 18.9 Å². The van der Waals surface area contributed by atoms with E-state index in [0.29, 0.717) is 16.9 Å². The maximum Gasteiger partial charge on any atom is 0.0345 e. The van der Waals surface area contributed by atoms with Crippen LogP contribution in [0.25, 0.3) is 10.1 Å². The summed E-state index contributed by atoms with van der Waals surface area (Å²) in [6.07, 6.45) is 1.15. The monoisotopic (exact) mass is 301 g/mol. The van der Waals surface area contributed by atoms with Gasteiger partial charge in [0.2, 0.25) is 0 Å². The molecular formula is C19H27NS. The molecule has 3 rings (SSSR count). The highest BCUT2D eigenvalue weighted by Crippen LogP contribution is 2.69. The zero-order valence-corrected chi connectivity index (χ0v) is 14.7. The van der Waals surface area contributed by atoms with Crippen molar-refractivity contribution >= 4 is 21.4 Å². The lowest BCUT2D eigenvalue weighted by atomic mass is 9.96. The summed E-state index contributed by atoms with van der Waals surface area (Å²) >= 11 is 1.88. The number of thiophene rings is 1. The van der Waals surface area contributed by atoms with E-state index in [1.54, 1.807) is 0 Å². The van der Waals surface area contributed by atoms with E-state index in [1.807, 2.05) is 11.3 Å². The first-order valence-corrected chi connectivity index (χ1v) is 8.96. The van der Waals surface area contributed by atoms with Crippen molar-refractivity contribution in [2.45, 2.75) is 47.1 Å². The van der Waals surface area contributed by atoms with Crippen LogP contribution in [-0.4, -0.2) is 12.6 Å². The third kappa shape index (κ3) is 2.33. The number of hydrogen-bond donors (Lipinski definition) is 1. The first-order chi connectivity index (χ1) is 9.89. The van der Waals surface area contributed by atoms with Crippen molar-refractivity contribution < 1.29 is 0 Å². The summed E-state index contributed by atoms with van der Waals surface area (Å²) in [5, 5.41) is 7.57. The van der Waals surface area contributed by atoms with Gasteiger partial charge in [0.15, 0.2) is 0 Å². The van der Waals surface area contributed by atoms with Crippen LogP contribution in [0.15, 0.2) is 29.6 Å². The SMILES string of the molecule is CCNC(Cc1csc2ccccc12)C1C(C)(C)C1(C)C. The second kappa shape index (κ2) is 5.10. The normalized spacial score (nSPS) is 21.6. The van der Waals surface area contributed by atoms with Crippen LogP contribution in [0.3, 0.4) is 0 Å². The van der Waals surface area contributed by atoms with Crippen LogP contribution in [-0.2, 0) is 6.42 Å². The van der Waals surface area contributed by atoms with Gasteiger partial charge >= 0.3 is 0 Å². The zero-order chi connectivity index (χ0) is 15.3. The van der Waals surface area contributed by atoms with E-state index in [-0.39, 0.29) is 0 Å². The molecule has 1 fully saturated rings. The molecule has 114 valence electrons. The van der Waals surface area contributed by atoms with Gasteiger partial charge < -0.3 is 5.32 Å². The van der Waals surface area contributed by atoms with Crippen LogP contribution in [0, 0.1) is 16.7 Å². The highest BCUT2D eigenvalue weighted by Gasteiger charge is 2.66. The Balaban J connectivity index is 1.87. The summed E-state index contributed by atoms with van der Waals surface area (Å²) in [5.74, 6) is 0.753. The number of fused-ring (bicyclic) bond motifs is 1. The molecule has 0 amide bonds. The van der Waals surface area contributed by atoms with Gasteiger partial charge in [-0.05, 0) is 52.1 Å². The second-order valence-corrected chi connectivity index (χ2v) is 8.46. The molecule has 1 atom stereocenters. The minimum absolute atomic E-state index is 0.436. The Morgan fingerprint density at radius 3 is 2.43 bits per heavy atom. The smallest absolute Gasteiger partial charge is 0.0345 e. The van der Waals surface area contributed by atoms with Gasteiger partial charge in [0.05, 0.1) is 0 Å². The number of likely N-dealkylation sites (N-methyl/N-ethyl adjacent to an activating group) is 1. The van der Waals surface area contributed by atoms with Gasteiger partial charge in [-0.15, -0.1) is 11.3 Å². The lowest BCUT2D eigenvalue weighted by Crippen LogP contribution is -2.35. The minimum Gasteiger partial charge on any atom is -0.314 e. The van der Waals surface area contributed by atoms with Crippen molar-refractivity contribution in [3.63, 3.8) is 0 Å². The van der Waals surface area contributed by atoms with Crippen molar-refractivity contribution in [2.24, 2.45) is 16.7 Å². The highest BCUT2D eigenvalue weighted by atomic mass is 32.1. The molecule has 21 heavy (non-hydrogen) atoms. The Bertz CT molecular complexity index is 624. The second-order valence-electron chi connectivity index (χ2n) is 7.55. The lowest BCUT2D eigenvalue weighted by molar-refractivity contribution is 0.404. The third-order valence-corrected chi connectivity index (χ3v) is 7.01. The summed E-state index contributed by atoms with van der Waals surface area (Å²) in [7, 11) is 0. The van der Waals surface area contributed by atoms with Crippen LogP contribution in [0.5, 0.6) is 0 Å². The summed E-state index contributed by atoms with van der Waals surface area (Å²) in [6, 6.07) is 9.38. The molecule has 0 saturated heterocycles. The molecule has 1 aliphatic rings. The van der Waals surface area contributed by atoms with E-state index in [1.165, 1.54) is 15.6 Å². The Morgan fingerprint density at radius 1 is 1.14 bits per heavy atom. The molecule has 1 aromatic heterocycles. The molecule has 0 spiro atoms. The molecule has 2 aromatic rings. The number of hydrogen-bond acceptors (Lipinski definition) is 2. The largest absolute Gasteiger partial charge is 0.314 e. The molecular weight excluding hydrogens is 274 g/mol. The highest BCUT2D eigenvalue weighted by molar-refractivity contribution is 7.17. The van der Waals surface area contributed by atoms with Gasteiger partial charge in [-0.3, -0.25) is 0 Å². The molecule has 1 heterocycles. The van der Waals surface area contributed by atoms with Crippen molar-refractivity contribution in [1.82, 2.24) is 5.32 Å². The Labute approximate surface area is 132 Å². The molecule has 1 nitrogen and oxygen atoms in total. The van der Waals surface area contributed by atoms with E-state index < -0.39 is 0 Å². The van der Waals surface area contributed by atoms with Gasteiger partial charge in [0.1, 0.15) is 0 Å². The van der Waals surface area contributed by atoms with E-state index in [9.17, 15) is 0 Å². The molecule has 1 saturated carbocycles. The average molecular weight is 301 g/mol. The number of benzene rings is 1. The van der Waals surface area contributed by atoms with Crippen LogP contribution in [0.2, 0.25) is 0 Å². The van der Waals surface area contributed by atoms with Gasteiger partial charge in [-0.2, -0.15) is 0 Å². The number of rotatable bonds is 5. The Hall–Kier alpha value is -0.860. The van der Waals surface area contributed by atoms with E-state index in [2.05, 4.69) is 69.6 Å². The predicted octanol–water partition coefficient (Wildman–Crippen LogP) is 5.10. The molecule has 0 radical (unpaired) electrons. The maximum atomic E-state index is 3.76. The fraction of sp³-hybridized carbons (Fsp3) is 0.579. The molecule has 0 bridgehead atoms. The average Bonchev–Trinajstić information content (AvgIpc) is 2.75. The zero-order valence-electron chi connectivity index (χ0n) is 13.9. The minimum atomic E-state index is 0.436. The summed E-state index contributed by atoms with van der Waals surface area (Å²) < 4.78 is 1.41. The summed E-state index contributed by atoms with van der Waals surface area (Å²) in [4.78, 5) is 0. The van der Waals surface area contributed by atoms with Gasteiger partial charge in [-0.1, -0.05) is 52.8 Å². The Morgan fingerprint density at radius 2 is 1.81 bits per heavy atom. The van der Waals surface area contributed by atoms with Crippen LogP contribution in [0.4, 0.5) is 0 Å². The topological polar surface area (TPSA) is 12.0 Å². The molecule has 0 aliphatic heterocycles. The van der Waals surface area contributed by atoms with Crippen molar-refractivity contribution in [3.05, 3.63) is 35.2 Å². The van der Waals surface area contributed by atoms with Crippen molar-refractivity contribution in [1.29, 1.82) is 0 Å². The predicted molar refractivity (Wildman–Crippen MR) is 94.0 cm³/mol. The first kappa shape index (κ1) is 15.1. The van der Waals surface area contributed by atoms with Gasteiger partial charge in [0, 0.05) is 10.7 Å². The van der Waals surface area contributed by atoms with Crippen LogP contribution in [0.1, 0.15) is 40.2 Å². The molecule has 1 N–H and O–H groups in total. The van der Waals surface area contributed by atoms with Crippen LogP contribution >= 0.6 is 11.3 Å². The Kier molecular flexibility index (Phi) is 3.66.